The third kappa shape index (κ3) is 5.48. The number of carbonyl (C=O) groups excluding carboxylic acids is 4. The first-order chi connectivity index (χ1) is 21.8. The number of esters is 1. The van der Waals surface area contributed by atoms with E-state index in [0.29, 0.717) is 29.9 Å². The second-order valence-corrected chi connectivity index (χ2v) is 18.0. The summed E-state index contributed by atoms with van der Waals surface area (Å²) in [6, 6.07) is 12.4. The number of hydrogen-bond acceptors (Lipinski definition) is 7. The molecule has 4 aliphatic heterocycles. The summed E-state index contributed by atoms with van der Waals surface area (Å²) < 4.78 is 29.0. The van der Waals surface area contributed by atoms with Crippen LogP contribution in [0.4, 0.5) is 15.5 Å². The van der Waals surface area contributed by atoms with Crippen LogP contribution in [0, 0.1) is 5.92 Å². The SMILES string of the molecule is CC(=O)OC1CC(=O)N1c1cccc(CN2C(=O)[C@@]3(O[C@@H](CC(=O)N4CCC[C@H]4CO)[C@H]([Si](C)(C)F)[C@H]3C)c3cc(Br)ccc32)c1. The molecule has 6 atom stereocenters. The zero-order valence-electron chi connectivity index (χ0n) is 26.4. The number of aliphatic hydroxyl groups excluding tert-OH is 1. The van der Waals surface area contributed by atoms with E-state index in [4.69, 9.17) is 9.47 Å². The zero-order chi connectivity index (χ0) is 33.1. The summed E-state index contributed by atoms with van der Waals surface area (Å²) in [5.74, 6) is -1.75. The molecular weight excluding hydrogens is 677 g/mol. The Bertz CT molecular complexity index is 1590. The third-order valence-electron chi connectivity index (χ3n) is 9.94. The van der Waals surface area contributed by atoms with Crippen molar-refractivity contribution >= 4 is 59.4 Å². The number of β-lactam (4-membered cyclic amide) rings is 1. The molecule has 0 aromatic heterocycles. The standard InChI is InChI=1S/C33H39BrFN3O7Si/c1-19-31(46(3,4)35)27(15-28(41)36-12-6-9-24(36)18-39)45-33(19)25-14-22(34)10-11-26(25)37(32(33)43)17-21-7-5-8-23(13-21)38-29(42)16-30(38)44-20(2)40/h5,7-8,10-11,13-14,19,24,27,30-31,39H,6,9,12,15-18H2,1-4H3/t19-,24+,27+,30?,31-,33+/m1/s1. The molecule has 0 aliphatic carbocycles. The lowest BCUT2D eigenvalue weighted by Crippen LogP contribution is -2.54. The first-order valence-corrected chi connectivity index (χ1v) is 19.5. The Morgan fingerprint density at radius 3 is 2.63 bits per heavy atom. The maximum Gasteiger partial charge on any atom is 0.304 e. The molecule has 2 aromatic rings. The Morgan fingerprint density at radius 1 is 1.20 bits per heavy atom. The fourth-order valence-electron chi connectivity index (χ4n) is 7.99. The number of benzene rings is 2. The number of hydrogen-bond donors (Lipinski definition) is 1. The predicted octanol–water partition coefficient (Wildman–Crippen LogP) is 4.77. The highest BCUT2D eigenvalue weighted by atomic mass is 79.9. The summed E-state index contributed by atoms with van der Waals surface area (Å²) >= 11 is 3.55. The Hall–Kier alpha value is -3.13. The third-order valence-corrected chi connectivity index (χ3v) is 12.9. The first-order valence-electron chi connectivity index (χ1n) is 15.7. The number of nitrogens with zero attached hydrogens (tertiary/aromatic N) is 3. The van der Waals surface area contributed by atoms with E-state index in [2.05, 4.69) is 15.9 Å². The predicted molar refractivity (Wildman–Crippen MR) is 174 cm³/mol. The normalized spacial score (nSPS) is 29.0. The average molecular weight is 717 g/mol. The summed E-state index contributed by atoms with van der Waals surface area (Å²) in [5.41, 5.74) is 0.397. The number of aliphatic hydroxyl groups is 1. The molecule has 1 spiro atoms. The van der Waals surface area contributed by atoms with E-state index in [1.165, 1.54) is 11.8 Å². The molecule has 3 fully saturated rings. The number of halogens is 2. The van der Waals surface area contributed by atoms with E-state index in [-0.39, 0.29) is 49.8 Å². The van der Waals surface area contributed by atoms with Crippen molar-refractivity contribution in [2.24, 2.45) is 5.92 Å². The average Bonchev–Trinajstić information content (AvgIpc) is 3.63. The van der Waals surface area contributed by atoms with E-state index < -0.39 is 43.8 Å². The van der Waals surface area contributed by atoms with Gasteiger partial charge < -0.3 is 28.5 Å². The van der Waals surface area contributed by atoms with E-state index >= 15 is 4.11 Å². The van der Waals surface area contributed by atoms with Crippen LogP contribution in [-0.2, 0) is 40.8 Å². The van der Waals surface area contributed by atoms with Crippen molar-refractivity contribution in [1.82, 2.24) is 4.90 Å². The highest BCUT2D eigenvalue weighted by molar-refractivity contribution is 9.10. The van der Waals surface area contributed by atoms with E-state index in [0.717, 1.165) is 16.5 Å². The second-order valence-electron chi connectivity index (χ2n) is 13.3. The van der Waals surface area contributed by atoms with Crippen LogP contribution in [0.5, 0.6) is 0 Å². The Morgan fingerprint density at radius 2 is 1.96 bits per heavy atom. The lowest BCUT2D eigenvalue weighted by molar-refractivity contribution is -0.154. The monoisotopic (exact) mass is 715 g/mol. The lowest BCUT2D eigenvalue weighted by Gasteiger charge is -2.39. The van der Waals surface area contributed by atoms with Crippen LogP contribution in [0.2, 0.25) is 18.6 Å². The minimum absolute atomic E-state index is 0.0698. The zero-order valence-corrected chi connectivity index (χ0v) is 29.0. The van der Waals surface area contributed by atoms with E-state index in [9.17, 15) is 24.3 Å². The maximum absolute atomic E-state index is 16.2. The summed E-state index contributed by atoms with van der Waals surface area (Å²) in [7, 11) is -3.48. The Labute approximate surface area is 277 Å². The van der Waals surface area contributed by atoms with Crippen LogP contribution >= 0.6 is 15.9 Å². The van der Waals surface area contributed by atoms with Crippen molar-refractivity contribution in [2.45, 2.75) is 88.7 Å². The number of anilines is 2. The van der Waals surface area contributed by atoms with E-state index in [1.807, 2.05) is 31.2 Å². The molecule has 4 aliphatic rings. The molecular formula is C33H39BrFN3O7Si. The number of rotatable bonds is 8. The number of amides is 3. The fourth-order valence-corrected chi connectivity index (χ4v) is 10.8. The van der Waals surface area contributed by atoms with Crippen molar-refractivity contribution in [1.29, 1.82) is 0 Å². The molecule has 46 heavy (non-hydrogen) atoms. The Kier molecular flexibility index (Phi) is 8.66. The second kappa shape index (κ2) is 12.1. The molecule has 3 saturated heterocycles. The van der Waals surface area contributed by atoms with Gasteiger partial charge in [-0.15, -0.1) is 0 Å². The molecule has 2 aromatic carbocycles. The molecule has 1 N–H and O–H groups in total. The van der Waals surface area contributed by atoms with Gasteiger partial charge in [0.05, 0.1) is 43.8 Å². The van der Waals surface area contributed by atoms with Gasteiger partial charge in [-0.25, -0.2) is 0 Å². The largest absolute Gasteiger partial charge is 0.441 e. The van der Waals surface area contributed by atoms with Crippen LogP contribution < -0.4 is 9.80 Å². The van der Waals surface area contributed by atoms with Gasteiger partial charge in [0.1, 0.15) is 0 Å². The van der Waals surface area contributed by atoms with Gasteiger partial charge in [0.15, 0.2) is 11.8 Å². The summed E-state index contributed by atoms with van der Waals surface area (Å²) in [5, 5.41) is 9.81. The van der Waals surface area contributed by atoms with Gasteiger partial charge in [-0.2, -0.15) is 0 Å². The number of likely N-dealkylation sites (tertiary alicyclic amines) is 1. The summed E-state index contributed by atoms with van der Waals surface area (Å²) in [6.07, 6.45) is 0.0467. The van der Waals surface area contributed by atoms with Gasteiger partial charge in [0.2, 0.25) is 20.2 Å². The van der Waals surface area contributed by atoms with Crippen LogP contribution in [0.3, 0.4) is 0 Å². The molecule has 246 valence electrons. The summed E-state index contributed by atoms with van der Waals surface area (Å²) in [6.45, 7) is 6.91. The number of ether oxygens (including phenoxy) is 2. The molecule has 0 bridgehead atoms. The minimum atomic E-state index is -3.48. The molecule has 1 unspecified atom stereocenters. The van der Waals surface area contributed by atoms with Crippen LogP contribution in [0.1, 0.15) is 50.7 Å². The molecule has 4 heterocycles. The van der Waals surface area contributed by atoms with Crippen LogP contribution in [-0.4, -0.2) is 73.6 Å². The molecule has 3 amide bonds. The molecule has 6 rings (SSSR count). The van der Waals surface area contributed by atoms with Crippen LogP contribution in [0.25, 0.3) is 0 Å². The highest BCUT2D eigenvalue weighted by Crippen LogP contribution is 2.60. The van der Waals surface area contributed by atoms with Gasteiger partial charge in [-0.3, -0.25) is 24.1 Å². The fraction of sp³-hybridized carbons (Fsp3) is 0.515. The minimum Gasteiger partial charge on any atom is -0.441 e. The van der Waals surface area contributed by atoms with Gasteiger partial charge in [-0.05, 0) is 61.8 Å². The number of carbonyl (C=O) groups is 4. The van der Waals surface area contributed by atoms with Gasteiger partial charge >= 0.3 is 5.97 Å². The van der Waals surface area contributed by atoms with Gasteiger partial charge in [0.25, 0.3) is 5.91 Å². The molecule has 0 saturated carbocycles. The topological polar surface area (TPSA) is 117 Å². The Balaban J connectivity index is 1.33. The van der Waals surface area contributed by atoms with Gasteiger partial charge in [-0.1, -0.05) is 35.0 Å². The van der Waals surface area contributed by atoms with Crippen molar-refractivity contribution < 1.29 is 37.9 Å². The van der Waals surface area contributed by atoms with Crippen molar-refractivity contribution in [3.05, 3.63) is 58.1 Å². The highest BCUT2D eigenvalue weighted by Gasteiger charge is 2.67. The lowest BCUT2D eigenvalue weighted by atomic mass is 9.82. The quantitative estimate of drug-likeness (QED) is 0.181. The van der Waals surface area contributed by atoms with Crippen LogP contribution in [0.15, 0.2) is 46.9 Å². The smallest absolute Gasteiger partial charge is 0.304 e. The van der Waals surface area contributed by atoms with E-state index in [1.54, 1.807) is 41.1 Å². The van der Waals surface area contributed by atoms with Crippen molar-refractivity contribution in [2.75, 3.05) is 23.0 Å². The molecule has 13 heteroatoms. The van der Waals surface area contributed by atoms with Gasteiger partial charge in [0, 0.05) is 40.7 Å². The number of fused-ring (bicyclic) bond motifs is 2. The molecule has 0 radical (unpaired) electrons. The maximum atomic E-state index is 16.2. The van der Waals surface area contributed by atoms with Crippen molar-refractivity contribution in [3.63, 3.8) is 0 Å². The first kappa shape index (κ1) is 32.8. The van der Waals surface area contributed by atoms with Crippen molar-refractivity contribution in [3.8, 4) is 0 Å². The molecule has 10 nitrogen and oxygen atoms in total. The summed E-state index contributed by atoms with van der Waals surface area (Å²) in [4.78, 5) is 57.0.